The van der Waals surface area contributed by atoms with Gasteiger partial charge in [0, 0.05) is 51.1 Å². The second-order valence-corrected chi connectivity index (χ2v) is 9.61. The lowest BCUT2D eigenvalue weighted by atomic mass is 10.1. The fourth-order valence-electron chi connectivity index (χ4n) is 3.82. The molecule has 2 amide bonds. The Morgan fingerprint density at radius 2 is 1.94 bits per heavy atom. The number of nitrogens with zero attached hydrogens (tertiary/aromatic N) is 3. The van der Waals surface area contributed by atoms with Crippen molar-refractivity contribution in [2.45, 2.75) is 23.9 Å². The molecule has 1 atom stereocenters. The number of likely N-dealkylation sites (tertiary alicyclic amines) is 1. The number of ether oxygens (including phenoxy) is 1. The smallest absolute Gasteiger partial charge is 0.243 e. The number of rotatable bonds is 7. The van der Waals surface area contributed by atoms with Gasteiger partial charge in [0.15, 0.2) is 0 Å². The van der Waals surface area contributed by atoms with E-state index in [1.165, 1.54) is 23.5 Å². The van der Waals surface area contributed by atoms with Gasteiger partial charge in [-0.05, 0) is 29.8 Å². The van der Waals surface area contributed by atoms with Crippen LogP contribution in [0.25, 0.3) is 0 Å². The zero-order chi connectivity index (χ0) is 22.0. The molecular formula is C21H24N4O5S. The van der Waals surface area contributed by atoms with Crippen molar-refractivity contribution in [1.29, 1.82) is 0 Å². The molecule has 0 saturated carbocycles. The average molecular weight is 445 g/mol. The highest BCUT2D eigenvalue weighted by atomic mass is 32.2. The summed E-state index contributed by atoms with van der Waals surface area (Å²) in [4.78, 5) is 30.7. The van der Waals surface area contributed by atoms with E-state index in [2.05, 4.69) is 10.3 Å². The van der Waals surface area contributed by atoms with Crippen molar-refractivity contribution >= 4 is 21.8 Å². The molecule has 2 fully saturated rings. The Morgan fingerprint density at radius 1 is 1.19 bits per heavy atom. The van der Waals surface area contributed by atoms with Gasteiger partial charge in [-0.2, -0.15) is 4.31 Å². The van der Waals surface area contributed by atoms with Crippen LogP contribution < -0.4 is 10.1 Å². The van der Waals surface area contributed by atoms with Crippen LogP contribution in [0.15, 0.2) is 53.7 Å². The fraction of sp³-hybridized carbons (Fsp3) is 0.381. The van der Waals surface area contributed by atoms with Crippen molar-refractivity contribution in [3.63, 3.8) is 0 Å². The molecule has 9 nitrogen and oxygen atoms in total. The Kier molecular flexibility index (Phi) is 5.92. The first-order valence-corrected chi connectivity index (χ1v) is 11.4. The predicted octanol–water partition coefficient (Wildman–Crippen LogP) is 0.628. The van der Waals surface area contributed by atoms with Crippen molar-refractivity contribution < 1.29 is 22.7 Å². The number of nitrogens with one attached hydrogen (secondary N) is 1. The topological polar surface area (TPSA) is 109 Å². The summed E-state index contributed by atoms with van der Waals surface area (Å²) in [6.07, 6.45) is 3.45. The Bertz CT molecular complexity index is 1070. The van der Waals surface area contributed by atoms with E-state index in [1.54, 1.807) is 29.4 Å². The maximum atomic E-state index is 12.8. The maximum absolute atomic E-state index is 12.8. The summed E-state index contributed by atoms with van der Waals surface area (Å²) < 4.78 is 32.1. The first-order chi connectivity index (χ1) is 14.9. The van der Waals surface area contributed by atoms with Crippen LogP contribution in [-0.2, 0) is 26.2 Å². The molecule has 31 heavy (non-hydrogen) atoms. The van der Waals surface area contributed by atoms with Gasteiger partial charge in [0.1, 0.15) is 5.75 Å². The molecule has 2 saturated heterocycles. The molecule has 1 aromatic carbocycles. The summed E-state index contributed by atoms with van der Waals surface area (Å²) in [5, 5.41) is 2.86. The second kappa shape index (κ2) is 8.64. The Labute approximate surface area is 181 Å². The Balaban J connectivity index is 1.32. The molecule has 1 N–H and O–H groups in total. The normalized spacial score (nSPS) is 19.8. The van der Waals surface area contributed by atoms with Gasteiger partial charge in [-0.1, -0.05) is 6.07 Å². The third-order valence-electron chi connectivity index (χ3n) is 5.69. The summed E-state index contributed by atoms with van der Waals surface area (Å²) in [6.45, 7) is 1.12. The van der Waals surface area contributed by atoms with Crippen molar-refractivity contribution in [3.05, 3.63) is 54.4 Å². The van der Waals surface area contributed by atoms with Crippen LogP contribution in [0.1, 0.15) is 12.0 Å². The molecule has 0 radical (unpaired) electrons. The van der Waals surface area contributed by atoms with Crippen LogP contribution in [-0.4, -0.2) is 67.2 Å². The van der Waals surface area contributed by atoms with Crippen molar-refractivity contribution in [1.82, 2.24) is 19.5 Å². The number of benzene rings is 1. The molecule has 4 rings (SSSR count). The zero-order valence-electron chi connectivity index (χ0n) is 17.1. The van der Waals surface area contributed by atoms with Crippen LogP contribution in [0.4, 0.5) is 0 Å². The van der Waals surface area contributed by atoms with E-state index >= 15 is 0 Å². The lowest BCUT2D eigenvalue weighted by molar-refractivity contribution is -0.132. The molecule has 1 aromatic heterocycles. The van der Waals surface area contributed by atoms with Crippen molar-refractivity contribution in [3.8, 4) is 5.75 Å². The van der Waals surface area contributed by atoms with Crippen molar-refractivity contribution in [2.75, 3.05) is 26.7 Å². The number of aromatic nitrogens is 1. The van der Waals surface area contributed by atoms with E-state index in [0.717, 1.165) is 5.56 Å². The number of carbonyl (C=O) groups excluding carboxylic acids is 2. The standard InChI is InChI=1S/C21H24N4O5S/c1-30-18-3-2-4-19(10-18)31(28,29)24-13-17(14-24)25-12-16(9-20(25)26)21(27)23-11-15-5-7-22-8-6-15/h2-8,10,16-17H,9,11-14H2,1H3,(H,23,27). The van der Waals surface area contributed by atoms with Gasteiger partial charge in [0.2, 0.25) is 21.8 Å². The highest BCUT2D eigenvalue weighted by Crippen LogP contribution is 2.30. The van der Waals surface area contributed by atoms with E-state index < -0.39 is 15.9 Å². The number of sulfonamides is 1. The molecule has 3 heterocycles. The van der Waals surface area contributed by atoms with Gasteiger partial charge in [-0.3, -0.25) is 14.6 Å². The molecule has 0 aliphatic carbocycles. The predicted molar refractivity (Wildman–Crippen MR) is 111 cm³/mol. The molecule has 1 unspecified atom stereocenters. The van der Waals surface area contributed by atoms with E-state index in [4.69, 9.17) is 4.74 Å². The van der Waals surface area contributed by atoms with E-state index in [9.17, 15) is 18.0 Å². The Morgan fingerprint density at radius 3 is 2.65 bits per heavy atom. The number of hydrogen-bond acceptors (Lipinski definition) is 6. The molecule has 164 valence electrons. The fourth-order valence-corrected chi connectivity index (χ4v) is 5.37. The number of amides is 2. The summed E-state index contributed by atoms with van der Waals surface area (Å²) >= 11 is 0. The van der Waals surface area contributed by atoms with E-state index in [1.807, 2.05) is 12.1 Å². The first-order valence-electron chi connectivity index (χ1n) is 9.99. The summed E-state index contributed by atoms with van der Waals surface area (Å²) in [7, 11) is -2.17. The minimum absolute atomic E-state index is 0.118. The van der Waals surface area contributed by atoms with Gasteiger partial charge in [0.05, 0.1) is 24.0 Å². The largest absolute Gasteiger partial charge is 0.497 e. The number of carbonyl (C=O) groups is 2. The maximum Gasteiger partial charge on any atom is 0.243 e. The lowest BCUT2D eigenvalue weighted by Gasteiger charge is -2.43. The third kappa shape index (κ3) is 4.40. The summed E-state index contributed by atoms with van der Waals surface area (Å²) in [5.74, 6) is -0.257. The van der Waals surface area contributed by atoms with Crippen LogP contribution in [0.2, 0.25) is 0 Å². The average Bonchev–Trinajstić information content (AvgIpc) is 3.13. The van der Waals surface area contributed by atoms with Gasteiger partial charge >= 0.3 is 0 Å². The molecule has 0 spiro atoms. The van der Waals surface area contributed by atoms with Crippen LogP contribution in [0.5, 0.6) is 5.75 Å². The minimum Gasteiger partial charge on any atom is -0.497 e. The van der Waals surface area contributed by atoms with Crippen LogP contribution >= 0.6 is 0 Å². The SMILES string of the molecule is COc1cccc(S(=O)(=O)N2CC(N3CC(C(=O)NCc4ccncc4)CC3=O)C2)c1. The van der Waals surface area contributed by atoms with Crippen LogP contribution in [0.3, 0.4) is 0 Å². The Hall–Kier alpha value is -2.98. The molecule has 10 heteroatoms. The van der Waals surface area contributed by atoms with Gasteiger partial charge in [-0.15, -0.1) is 0 Å². The number of methoxy groups -OCH3 is 1. The number of hydrogen-bond donors (Lipinski definition) is 1. The van der Waals surface area contributed by atoms with Gasteiger partial charge < -0.3 is 15.0 Å². The van der Waals surface area contributed by atoms with Crippen molar-refractivity contribution in [2.24, 2.45) is 5.92 Å². The van der Waals surface area contributed by atoms with E-state index in [-0.39, 0.29) is 42.3 Å². The highest BCUT2D eigenvalue weighted by molar-refractivity contribution is 7.89. The summed E-state index contributed by atoms with van der Waals surface area (Å²) in [5.41, 5.74) is 0.932. The minimum atomic E-state index is -3.65. The molecule has 2 aromatic rings. The van der Waals surface area contributed by atoms with Gasteiger partial charge in [-0.25, -0.2) is 8.42 Å². The second-order valence-electron chi connectivity index (χ2n) is 7.68. The quantitative estimate of drug-likeness (QED) is 0.671. The molecule has 2 aliphatic rings. The van der Waals surface area contributed by atoms with Gasteiger partial charge in [0.25, 0.3) is 0 Å². The monoisotopic (exact) mass is 444 g/mol. The summed E-state index contributed by atoms with van der Waals surface area (Å²) in [6, 6.07) is 9.73. The third-order valence-corrected chi connectivity index (χ3v) is 7.52. The highest BCUT2D eigenvalue weighted by Gasteiger charge is 2.45. The van der Waals surface area contributed by atoms with Crippen LogP contribution in [0, 0.1) is 5.92 Å². The molecule has 2 aliphatic heterocycles. The van der Waals surface area contributed by atoms with E-state index in [0.29, 0.717) is 18.8 Å². The zero-order valence-corrected chi connectivity index (χ0v) is 17.9. The number of pyridine rings is 1. The first kappa shape index (κ1) is 21.3. The lowest BCUT2D eigenvalue weighted by Crippen LogP contribution is -2.61. The molecule has 0 bridgehead atoms. The molecular weight excluding hydrogens is 420 g/mol.